The number of hydrazine groups is 1. The van der Waals surface area contributed by atoms with Crippen molar-refractivity contribution in [2.75, 3.05) is 7.11 Å². The van der Waals surface area contributed by atoms with E-state index >= 15 is 0 Å². The summed E-state index contributed by atoms with van der Waals surface area (Å²) in [7, 11) is 1.63. The summed E-state index contributed by atoms with van der Waals surface area (Å²) in [5.41, 5.74) is 4.54. The van der Waals surface area contributed by atoms with Crippen molar-refractivity contribution in [1.82, 2.24) is 10.4 Å². The van der Waals surface area contributed by atoms with Crippen molar-refractivity contribution in [3.8, 4) is 5.75 Å². The highest BCUT2D eigenvalue weighted by molar-refractivity contribution is 6.31. The number of nitrogens with zero attached hydrogens (tertiary/aromatic N) is 1. The third-order valence-corrected chi connectivity index (χ3v) is 3.05. The van der Waals surface area contributed by atoms with Crippen LogP contribution in [0.4, 0.5) is 0 Å². The van der Waals surface area contributed by atoms with E-state index in [0.717, 1.165) is 16.9 Å². The molecule has 0 saturated carbocycles. The zero-order chi connectivity index (χ0) is 13.0. The summed E-state index contributed by atoms with van der Waals surface area (Å²) in [6, 6.07) is 9.26. The summed E-state index contributed by atoms with van der Waals surface area (Å²) in [5, 5.41) is 0.561. The minimum absolute atomic E-state index is 0.239. The zero-order valence-corrected chi connectivity index (χ0v) is 10.7. The smallest absolute Gasteiger partial charge is 0.124 e. The Labute approximate surface area is 111 Å². The quantitative estimate of drug-likeness (QED) is 0.656. The van der Waals surface area contributed by atoms with Crippen molar-refractivity contribution >= 4 is 11.6 Å². The van der Waals surface area contributed by atoms with Crippen LogP contribution in [0, 0.1) is 0 Å². The molecule has 1 unspecified atom stereocenters. The van der Waals surface area contributed by atoms with Gasteiger partial charge in [-0.3, -0.25) is 10.8 Å². The van der Waals surface area contributed by atoms with Crippen LogP contribution in [-0.2, 0) is 0 Å². The maximum absolute atomic E-state index is 6.14. The van der Waals surface area contributed by atoms with Crippen molar-refractivity contribution in [3.05, 3.63) is 58.9 Å². The Morgan fingerprint density at radius 2 is 2.06 bits per heavy atom. The van der Waals surface area contributed by atoms with Gasteiger partial charge in [-0.2, -0.15) is 0 Å². The number of nitrogens with one attached hydrogen (secondary N) is 1. The second-order valence-corrected chi connectivity index (χ2v) is 4.15. The molecule has 2 aromatic rings. The summed E-state index contributed by atoms with van der Waals surface area (Å²) in [6.07, 6.45) is 3.28. The van der Waals surface area contributed by atoms with Crippen LogP contribution in [0.15, 0.2) is 42.7 Å². The molecule has 3 N–H and O–H groups in total. The van der Waals surface area contributed by atoms with Crippen LogP contribution in [0.1, 0.15) is 17.2 Å². The van der Waals surface area contributed by atoms with Gasteiger partial charge in [-0.1, -0.05) is 29.8 Å². The first-order valence-electron chi connectivity index (χ1n) is 5.46. The van der Waals surface area contributed by atoms with E-state index in [1.165, 1.54) is 0 Å². The molecular weight excluding hydrogens is 250 g/mol. The van der Waals surface area contributed by atoms with Gasteiger partial charge in [-0.05, 0) is 17.7 Å². The molecule has 0 bridgehead atoms. The fraction of sp³-hybridized carbons (Fsp3) is 0.154. The molecule has 2 rings (SSSR count). The van der Waals surface area contributed by atoms with Gasteiger partial charge in [0.25, 0.3) is 0 Å². The number of aromatic nitrogens is 1. The van der Waals surface area contributed by atoms with E-state index in [4.69, 9.17) is 22.2 Å². The predicted octanol–water partition coefficient (Wildman–Crippen LogP) is 2.30. The summed E-state index contributed by atoms with van der Waals surface area (Å²) in [5.74, 6) is 6.40. The second kappa shape index (κ2) is 5.82. The van der Waals surface area contributed by atoms with Gasteiger partial charge in [-0.25, -0.2) is 5.43 Å². The predicted molar refractivity (Wildman–Crippen MR) is 71.4 cm³/mol. The number of para-hydroxylation sites is 1. The molecular formula is C13H14ClN3O. The van der Waals surface area contributed by atoms with Crippen molar-refractivity contribution in [1.29, 1.82) is 0 Å². The van der Waals surface area contributed by atoms with E-state index in [2.05, 4.69) is 10.4 Å². The number of hydrogen-bond donors (Lipinski definition) is 2. The summed E-state index contributed by atoms with van der Waals surface area (Å²) < 4.78 is 5.34. The van der Waals surface area contributed by atoms with Crippen LogP contribution in [0.3, 0.4) is 0 Å². The third kappa shape index (κ3) is 2.46. The summed E-state index contributed by atoms with van der Waals surface area (Å²) in [6.45, 7) is 0. The highest BCUT2D eigenvalue weighted by Gasteiger charge is 2.18. The molecule has 94 valence electrons. The Bertz CT molecular complexity index is 533. The molecule has 5 heteroatoms. The second-order valence-electron chi connectivity index (χ2n) is 3.74. The van der Waals surface area contributed by atoms with Crippen LogP contribution in [0.2, 0.25) is 5.02 Å². The minimum Gasteiger partial charge on any atom is -0.496 e. The van der Waals surface area contributed by atoms with Gasteiger partial charge in [0.05, 0.1) is 18.2 Å². The molecule has 0 aliphatic carbocycles. The average molecular weight is 264 g/mol. The third-order valence-electron chi connectivity index (χ3n) is 2.73. The standard InChI is InChI=1S/C13H14ClN3O/c1-18-12-5-3-2-4-10(12)13(17-15)9-6-7-16-8-11(9)14/h2-8,13,17H,15H2,1H3. The van der Waals surface area contributed by atoms with Crippen LogP contribution in [-0.4, -0.2) is 12.1 Å². The Morgan fingerprint density at radius 1 is 1.28 bits per heavy atom. The number of rotatable bonds is 4. The average Bonchev–Trinajstić information content (AvgIpc) is 2.42. The molecule has 0 aliphatic rings. The van der Waals surface area contributed by atoms with Gasteiger partial charge < -0.3 is 4.74 Å². The Morgan fingerprint density at radius 3 is 2.72 bits per heavy atom. The van der Waals surface area contributed by atoms with Crippen molar-refractivity contribution in [3.63, 3.8) is 0 Å². The molecule has 0 aliphatic heterocycles. The lowest BCUT2D eigenvalue weighted by molar-refractivity contribution is 0.404. The molecule has 1 atom stereocenters. The first-order valence-corrected chi connectivity index (χ1v) is 5.84. The number of benzene rings is 1. The monoisotopic (exact) mass is 263 g/mol. The molecule has 4 nitrogen and oxygen atoms in total. The van der Waals surface area contributed by atoms with E-state index in [1.54, 1.807) is 19.5 Å². The van der Waals surface area contributed by atoms with Gasteiger partial charge in [-0.15, -0.1) is 0 Å². The van der Waals surface area contributed by atoms with E-state index in [1.807, 2.05) is 30.3 Å². The molecule has 0 fully saturated rings. The first-order chi connectivity index (χ1) is 8.77. The Balaban J connectivity index is 2.49. The molecule has 0 radical (unpaired) electrons. The lowest BCUT2D eigenvalue weighted by Crippen LogP contribution is -2.29. The van der Waals surface area contributed by atoms with Crippen molar-refractivity contribution in [2.24, 2.45) is 5.84 Å². The fourth-order valence-electron chi connectivity index (χ4n) is 1.87. The topological polar surface area (TPSA) is 60.2 Å². The zero-order valence-electron chi connectivity index (χ0n) is 9.93. The van der Waals surface area contributed by atoms with Crippen molar-refractivity contribution in [2.45, 2.75) is 6.04 Å². The van der Waals surface area contributed by atoms with Crippen LogP contribution < -0.4 is 16.0 Å². The lowest BCUT2D eigenvalue weighted by Gasteiger charge is -2.20. The van der Waals surface area contributed by atoms with E-state index in [9.17, 15) is 0 Å². The van der Waals surface area contributed by atoms with E-state index < -0.39 is 0 Å². The van der Waals surface area contributed by atoms with Crippen molar-refractivity contribution < 1.29 is 4.74 Å². The van der Waals surface area contributed by atoms with E-state index in [0.29, 0.717) is 5.02 Å². The maximum atomic E-state index is 6.14. The maximum Gasteiger partial charge on any atom is 0.124 e. The normalized spacial score (nSPS) is 12.2. The van der Waals surface area contributed by atoms with Gasteiger partial charge in [0.15, 0.2) is 0 Å². The van der Waals surface area contributed by atoms with Gasteiger partial charge in [0, 0.05) is 18.0 Å². The fourth-order valence-corrected chi connectivity index (χ4v) is 2.10. The largest absolute Gasteiger partial charge is 0.496 e. The van der Waals surface area contributed by atoms with Crippen LogP contribution in [0.5, 0.6) is 5.75 Å². The highest BCUT2D eigenvalue weighted by Crippen LogP contribution is 2.32. The number of halogens is 1. The number of pyridine rings is 1. The molecule has 1 aromatic heterocycles. The minimum atomic E-state index is -0.239. The SMILES string of the molecule is COc1ccccc1C(NN)c1ccncc1Cl. The molecule has 0 saturated heterocycles. The summed E-state index contributed by atoms with van der Waals surface area (Å²) >= 11 is 6.14. The van der Waals surface area contributed by atoms with Gasteiger partial charge in [0.2, 0.25) is 0 Å². The van der Waals surface area contributed by atoms with Gasteiger partial charge >= 0.3 is 0 Å². The first kappa shape index (κ1) is 12.8. The van der Waals surface area contributed by atoms with Crippen LogP contribution in [0.25, 0.3) is 0 Å². The number of hydrogen-bond acceptors (Lipinski definition) is 4. The van der Waals surface area contributed by atoms with Gasteiger partial charge in [0.1, 0.15) is 5.75 Å². The number of nitrogens with two attached hydrogens (primary N) is 1. The molecule has 18 heavy (non-hydrogen) atoms. The number of methoxy groups -OCH3 is 1. The Hall–Kier alpha value is -1.62. The molecule has 0 spiro atoms. The highest BCUT2D eigenvalue weighted by atomic mass is 35.5. The number of ether oxygens (including phenoxy) is 1. The Kier molecular flexibility index (Phi) is 4.15. The molecule has 0 amide bonds. The van der Waals surface area contributed by atoms with Crippen LogP contribution >= 0.6 is 11.6 Å². The molecule has 1 aromatic carbocycles. The summed E-state index contributed by atoms with van der Waals surface area (Å²) in [4.78, 5) is 3.97. The van der Waals surface area contributed by atoms with E-state index in [-0.39, 0.29) is 6.04 Å². The lowest BCUT2D eigenvalue weighted by atomic mass is 9.99. The molecule has 1 heterocycles.